The van der Waals surface area contributed by atoms with Crippen LogP contribution in [0.4, 0.5) is 0 Å². The van der Waals surface area contributed by atoms with E-state index < -0.39 is 0 Å². The average molecular weight is 240 g/mol. The standard InChI is InChI=1S/C14H28N2O/c1-5-14(7-9-15-10-8-14)13(17)16(4)11-6-12(2)3/h12,15H,5-11H2,1-4H3. The minimum atomic E-state index is -0.0863. The Kier molecular flexibility index (Phi) is 5.44. The van der Waals surface area contributed by atoms with Gasteiger partial charge >= 0.3 is 0 Å². The summed E-state index contributed by atoms with van der Waals surface area (Å²) in [6, 6.07) is 0. The zero-order valence-electron chi connectivity index (χ0n) is 11.9. The fourth-order valence-corrected chi connectivity index (χ4v) is 2.58. The topological polar surface area (TPSA) is 32.3 Å². The molecule has 1 aliphatic heterocycles. The Morgan fingerprint density at radius 1 is 1.35 bits per heavy atom. The molecule has 3 nitrogen and oxygen atoms in total. The van der Waals surface area contributed by atoms with Gasteiger partial charge in [-0.05, 0) is 44.7 Å². The van der Waals surface area contributed by atoms with Crippen molar-refractivity contribution < 1.29 is 4.79 Å². The minimum Gasteiger partial charge on any atom is -0.345 e. The van der Waals surface area contributed by atoms with E-state index in [2.05, 4.69) is 26.1 Å². The first-order valence-electron chi connectivity index (χ1n) is 6.98. The van der Waals surface area contributed by atoms with Crippen LogP contribution in [-0.4, -0.2) is 37.5 Å². The van der Waals surface area contributed by atoms with Gasteiger partial charge in [0.2, 0.25) is 5.91 Å². The third kappa shape index (κ3) is 3.70. The zero-order chi connectivity index (χ0) is 12.9. The van der Waals surface area contributed by atoms with Crippen LogP contribution in [-0.2, 0) is 4.79 Å². The van der Waals surface area contributed by atoms with E-state index in [0.29, 0.717) is 11.8 Å². The summed E-state index contributed by atoms with van der Waals surface area (Å²) in [6.07, 6.45) is 4.06. The summed E-state index contributed by atoms with van der Waals surface area (Å²) in [5.41, 5.74) is -0.0863. The van der Waals surface area contributed by atoms with Crippen molar-refractivity contribution >= 4 is 5.91 Å². The predicted octanol–water partition coefficient (Wildman–Crippen LogP) is 2.27. The quantitative estimate of drug-likeness (QED) is 0.799. The summed E-state index contributed by atoms with van der Waals surface area (Å²) in [7, 11) is 1.96. The van der Waals surface area contributed by atoms with Gasteiger partial charge in [-0.1, -0.05) is 20.8 Å². The summed E-state index contributed by atoms with van der Waals surface area (Å²) in [5, 5.41) is 3.35. The van der Waals surface area contributed by atoms with Gasteiger partial charge in [0.15, 0.2) is 0 Å². The van der Waals surface area contributed by atoms with E-state index >= 15 is 0 Å². The average Bonchev–Trinajstić information content (AvgIpc) is 2.35. The van der Waals surface area contributed by atoms with Crippen LogP contribution in [0.5, 0.6) is 0 Å². The molecule has 17 heavy (non-hydrogen) atoms. The number of piperidine rings is 1. The Balaban J connectivity index is 2.58. The molecule has 3 heteroatoms. The molecule has 1 N–H and O–H groups in total. The minimum absolute atomic E-state index is 0.0863. The van der Waals surface area contributed by atoms with Gasteiger partial charge < -0.3 is 10.2 Å². The van der Waals surface area contributed by atoms with Crippen LogP contribution in [0.1, 0.15) is 46.5 Å². The molecule has 0 aromatic carbocycles. The molecule has 0 aliphatic carbocycles. The lowest BCUT2D eigenvalue weighted by atomic mass is 9.75. The first-order valence-corrected chi connectivity index (χ1v) is 6.98. The molecule has 1 heterocycles. The van der Waals surface area contributed by atoms with Crippen LogP contribution in [0, 0.1) is 11.3 Å². The van der Waals surface area contributed by atoms with Crippen molar-refractivity contribution in [1.82, 2.24) is 10.2 Å². The van der Waals surface area contributed by atoms with E-state index in [9.17, 15) is 4.79 Å². The number of hydrogen-bond acceptors (Lipinski definition) is 2. The van der Waals surface area contributed by atoms with Crippen molar-refractivity contribution in [2.24, 2.45) is 11.3 Å². The Labute approximate surface area is 106 Å². The molecule has 0 unspecified atom stereocenters. The van der Waals surface area contributed by atoms with Gasteiger partial charge in [-0.25, -0.2) is 0 Å². The van der Waals surface area contributed by atoms with E-state index in [0.717, 1.165) is 45.3 Å². The van der Waals surface area contributed by atoms with E-state index in [-0.39, 0.29) is 5.41 Å². The number of hydrogen-bond donors (Lipinski definition) is 1. The van der Waals surface area contributed by atoms with Gasteiger partial charge in [0.1, 0.15) is 0 Å². The van der Waals surface area contributed by atoms with Crippen molar-refractivity contribution in [3.8, 4) is 0 Å². The van der Waals surface area contributed by atoms with Crippen LogP contribution in [0.25, 0.3) is 0 Å². The van der Waals surface area contributed by atoms with Crippen molar-refractivity contribution in [3.63, 3.8) is 0 Å². The van der Waals surface area contributed by atoms with Gasteiger partial charge in [-0.2, -0.15) is 0 Å². The van der Waals surface area contributed by atoms with Crippen molar-refractivity contribution in [3.05, 3.63) is 0 Å². The molecule has 1 amide bonds. The second-order valence-electron chi connectivity index (χ2n) is 5.79. The lowest BCUT2D eigenvalue weighted by Crippen LogP contribution is -2.48. The first kappa shape index (κ1) is 14.5. The van der Waals surface area contributed by atoms with E-state index in [4.69, 9.17) is 0 Å². The maximum Gasteiger partial charge on any atom is 0.228 e. The lowest BCUT2D eigenvalue weighted by molar-refractivity contribution is -0.142. The number of rotatable bonds is 5. The fraction of sp³-hybridized carbons (Fsp3) is 0.929. The Morgan fingerprint density at radius 2 is 1.94 bits per heavy atom. The lowest BCUT2D eigenvalue weighted by Gasteiger charge is -2.38. The molecule has 0 atom stereocenters. The van der Waals surface area contributed by atoms with Gasteiger partial charge in [-0.3, -0.25) is 4.79 Å². The second kappa shape index (κ2) is 6.39. The molecule has 0 saturated carbocycles. The van der Waals surface area contributed by atoms with Crippen LogP contribution in [0.15, 0.2) is 0 Å². The normalized spacial score (nSPS) is 19.4. The highest BCUT2D eigenvalue weighted by Gasteiger charge is 2.39. The fourth-order valence-electron chi connectivity index (χ4n) is 2.58. The largest absolute Gasteiger partial charge is 0.345 e. The highest BCUT2D eigenvalue weighted by molar-refractivity contribution is 5.82. The summed E-state index contributed by atoms with van der Waals surface area (Å²) in [6.45, 7) is 9.43. The van der Waals surface area contributed by atoms with Crippen LogP contribution < -0.4 is 5.32 Å². The maximum atomic E-state index is 12.6. The number of carbonyl (C=O) groups is 1. The molecule has 1 fully saturated rings. The highest BCUT2D eigenvalue weighted by Crippen LogP contribution is 2.34. The third-order valence-corrected chi connectivity index (χ3v) is 4.08. The van der Waals surface area contributed by atoms with Crippen LogP contribution >= 0.6 is 0 Å². The number of carbonyl (C=O) groups excluding carboxylic acids is 1. The molecule has 0 aromatic rings. The van der Waals surface area contributed by atoms with Gasteiger partial charge in [0, 0.05) is 13.6 Å². The number of amides is 1. The molecule has 0 bridgehead atoms. The number of nitrogens with one attached hydrogen (secondary N) is 1. The Bertz CT molecular complexity index is 245. The van der Waals surface area contributed by atoms with E-state index in [1.54, 1.807) is 0 Å². The first-order chi connectivity index (χ1) is 8.02. The SMILES string of the molecule is CCC1(C(=O)N(C)CCC(C)C)CCNCC1. The second-order valence-corrected chi connectivity index (χ2v) is 5.79. The molecular weight excluding hydrogens is 212 g/mol. The van der Waals surface area contributed by atoms with E-state index in [1.165, 1.54) is 0 Å². The monoisotopic (exact) mass is 240 g/mol. The molecule has 0 spiro atoms. The van der Waals surface area contributed by atoms with Crippen molar-refractivity contribution in [2.75, 3.05) is 26.7 Å². The van der Waals surface area contributed by atoms with Crippen molar-refractivity contribution in [2.45, 2.75) is 46.5 Å². The van der Waals surface area contributed by atoms with E-state index in [1.807, 2.05) is 11.9 Å². The summed E-state index contributed by atoms with van der Waals surface area (Å²) in [4.78, 5) is 14.5. The smallest absolute Gasteiger partial charge is 0.228 e. The maximum absolute atomic E-state index is 12.6. The Hall–Kier alpha value is -0.570. The zero-order valence-corrected chi connectivity index (χ0v) is 11.9. The molecular formula is C14H28N2O. The summed E-state index contributed by atoms with van der Waals surface area (Å²) >= 11 is 0. The van der Waals surface area contributed by atoms with Crippen LogP contribution in [0.2, 0.25) is 0 Å². The molecule has 100 valence electrons. The molecule has 1 aliphatic rings. The molecule has 0 radical (unpaired) electrons. The van der Waals surface area contributed by atoms with Crippen LogP contribution in [0.3, 0.4) is 0 Å². The predicted molar refractivity (Wildman–Crippen MR) is 71.9 cm³/mol. The molecule has 0 aromatic heterocycles. The molecule has 1 rings (SSSR count). The highest BCUT2D eigenvalue weighted by atomic mass is 16.2. The summed E-state index contributed by atoms with van der Waals surface area (Å²) in [5.74, 6) is 1.03. The van der Waals surface area contributed by atoms with Gasteiger partial charge in [0.25, 0.3) is 0 Å². The van der Waals surface area contributed by atoms with Gasteiger partial charge in [0.05, 0.1) is 5.41 Å². The molecule has 1 saturated heterocycles. The van der Waals surface area contributed by atoms with Gasteiger partial charge in [-0.15, -0.1) is 0 Å². The third-order valence-electron chi connectivity index (χ3n) is 4.08. The summed E-state index contributed by atoms with van der Waals surface area (Å²) < 4.78 is 0. The number of nitrogens with zero attached hydrogens (tertiary/aromatic N) is 1. The Morgan fingerprint density at radius 3 is 2.41 bits per heavy atom. The van der Waals surface area contributed by atoms with Crippen molar-refractivity contribution in [1.29, 1.82) is 0 Å².